The molecule has 0 aliphatic rings. The number of benzene rings is 2. The van der Waals surface area contributed by atoms with Gasteiger partial charge in [0.05, 0.1) is 25.4 Å². The number of methoxy groups -OCH3 is 2. The molecular formula is C19H18N4O2. The maximum atomic E-state index is 5.34. The number of nitrogens with zero attached hydrogens (tertiary/aromatic N) is 3. The zero-order valence-electron chi connectivity index (χ0n) is 14.3. The lowest BCUT2D eigenvalue weighted by atomic mass is 10.2. The van der Waals surface area contributed by atoms with Crippen LogP contribution in [0.1, 0.15) is 5.69 Å². The lowest BCUT2D eigenvalue weighted by molar-refractivity contribution is 0.395. The second-order valence-electron chi connectivity index (χ2n) is 5.76. The molecule has 126 valence electrons. The molecule has 0 fully saturated rings. The van der Waals surface area contributed by atoms with Crippen LogP contribution in [0.5, 0.6) is 11.5 Å². The fraction of sp³-hybridized carbons (Fsp3) is 0.158. The SMILES string of the molecule is COc1cc(Nc2nc3cc(C)nn3c3ccccc23)cc(OC)c1. The molecule has 0 aliphatic carbocycles. The zero-order chi connectivity index (χ0) is 17.4. The van der Waals surface area contributed by atoms with E-state index in [1.165, 1.54) is 0 Å². The van der Waals surface area contributed by atoms with Crippen LogP contribution >= 0.6 is 0 Å². The van der Waals surface area contributed by atoms with E-state index in [1.54, 1.807) is 14.2 Å². The van der Waals surface area contributed by atoms with Gasteiger partial charge in [-0.25, -0.2) is 9.50 Å². The number of anilines is 2. The van der Waals surface area contributed by atoms with Crippen LogP contribution in [0, 0.1) is 6.92 Å². The van der Waals surface area contributed by atoms with Crippen molar-refractivity contribution in [3.8, 4) is 11.5 Å². The van der Waals surface area contributed by atoms with Crippen LogP contribution < -0.4 is 14.8 Å². The molecule has 0 spiro atoms. The minimum Gasteiger partial charge on any atom is -0.497 e. The van der Waals surface area contributed by atoms with E-state index in [-0.39, 0.29) is 0 Å². The van der Waals surface area contributed by atoms with E-state index in [1.807, 2.05) is 60.0 Å². The molecule has 1 N–H and O–H groups in total. The van der Waals surface area contributed by atoms with Gasteiger partial charge < -0.3 is 14.8 Å². The van der Waals surface area contributed by atoms with Gasteiger partial charge in [0.1, 0.15) is 17.3 Å². The number of para-hydroxylation sites is 1. The fourth-order valence-corrected chi connectivity index (χ4v) is 2.89. The molecule has 6 heteroatoms. The number of rotatable bonds is 4. The minimum absolute atomic E-state index is 0.715. The summed E-state index contributed by atoms with van der Waals surface area (Å²) in [5, 5.41) is 8.90. The molecule has 6 nitrogen and oxygen atoms in total. The monoisotopic (exact) mass is 334 g/mol. The Bertz CT molecular complexity index is 1050. The van der Waals surface area contributed by atoms with E-state index in [4.69, 9.17) is 14.5 Å². The van der Waals surface area contributed by atoms with Crippen LogP contribution in [0.2, 0.25) is 0 Å². The van der Waals surface area contributed by atoms with Crippen molar-refractivity contribution in [2.75, 3.05) is 19.5 Å². The number of hydrogen-bond acceptors (Lipinski definition) is 5. The van der Waals surface area contributed by atoms with Gasteiger partial charge in [-0.05, 0) is 19.1 Å². The predicted molar refractivity (Wildman–Crippen MR) is 98.1 cm³/mol. The normalized spacial score (nSPS) is 11.0. The first-order chi connectivity index (χ1) is 12.2. The highest BCUT2D eigenvalue weighted by Gasteiger charge is 2.11. The predicted octanol–water partition coefficient (Wildman–Crippen LogP) is 3.95. The summed E-state index contributed by atoms with van der Waals surface area (Å²) >= 11 is 0. The zero-order valence-corrected chi connectivity index (χ0v) is 14.3. The van der Waals surface area contributed by atoms with E-state index >= 15 is 0 Å². The number of nitrogens with one attached hydrogen (secondary N) is 1. The minimum atomic E-state index is 0.715. The summed E-state index contributed by atoms with van der Waals surface area (Å²) < 4.78 is 12.5. The highest BCUT2D eigenvalue weighted by molar-refractivity contribution is 5.93. The number of hydrogen-bond donors (Lipinski definition) is 1. The highest BCUT2D eigenvalue weighted by atomic mass is 16.5. The van der Waals surface area contributed by atoms with Gasteiger partial charge in [0.25, 0.3) is 0 Å². The van der Waals surface area contributed by atoms with Crippen LogP contribution in [-0.2, 0) is 0 Å². The smallest absolute Gasteiger partial charge is 0.158 e. The van der Waals surface area contributed by atoms with Crippen molar-refractivity contribution in [2.45, 2.75) is 6.92 Å². The Hall–Kier alpha value is -3.28. The van der Waals surface area contributed by atoms with Gasteiger partial charge in [-0.15, -0.1) is 0 Å². The van der Waals surface area contributed by atoms with E-state index < -0.39 is 0 Å². The first-order valence-corrected chi connectivity index (χ1v) is 7.93. The molecule has 2 aromatic carbocycles. The molecule has 2 heterocycles. The van der Waals surface area contributed by atoms with Gasteiger partial charge in [0.15, 0.2) is 5.65 Å². The van der Waals surface area contributed by atoms with Crippen LogP contribution in [0.4, 0.5) is 11.5 Å². The van der Waals surface area contributed by atoms with Crippen molar-refractivity contribution in [3.05, 3.63) is 54.2 Å². The average molecular weight is 334 g/mol. The average Bonchev–Trinajstić information content (AvgIpc) is 3.02. The fourth-order valence-electron chi connectivity index (χ4n) is 2.89. The van der Waals surface area contributed by atoms with Gasteiger partial charge in [-0.2, -0.15) is 5.10 Å². The summed E-state index contributed by atoms with van der Waals surface area (Å²) in [5.41, 5.74) is 3.57. The molecule has 4 rings (SSSR count). The topological polar surface area (TPSA) is 60.7 Å². The Morgan fingerprint density at radius 2 is 1.68 bits per heavy atom. The Labute approximate surface area is 145 Å². The third-order valence-electron chi connectivity index (χ3n) is 4.04. The third-order valence-corrected chi connectivity index (χ3v) is 4.04. The maximum Gasteiger partial charge on any atom is 0.158 e. The number of aryl methyl sites for hydroxylation is 1. The summed E-state index contributed by atoms with van der Waals surface area (Å²) in [4.78, 5) is 4.74. The largest absolute Gasteiger partial charge is 0.497 e. The van der Waals surface area contributed by atoms with Crippen molar-refractivity contribution in [1.29, 1.82) is 0 Å². The number of fused-ring (bicyclic) bond motifs is 3. The van der Waals surface area contributed by atoms with Gasteiger partial charge in [-0.1, -0.05) is 12.1 Å². The van der Waals surface area contributed by atoms with E-state index in [0.29, 0.717) is 11.5 Å². The molecule has 25 heavy (non-hydrogen) atoms. The summed E-state index contributed by atoms with van der Waals surface area (Å²) in [6.45, 7) is 1.96. The van der Waals surface area contributed by atoms with Crippen LogP contribution in [0.3, 0.4) is 0 Å². The molecule has 0 atom stereocenters. The summed E-state index contributed by atoms with van der Waals surface area (Å²) in [5.74, 6) is 2.19. The van der Waals surface area contributed by atoms with Crippen molar-refractivity contribution in [3.63, 3.8) is 0 Å². The first-order valence-electron chi connectivity index (χ1n) is 7.93. The van der Waals surface area contributed by atoms with Crippen LogP contribution in [0.25, 0.3) is 16.6 Å². The van der Waals surface area contributed by atoms with Gasteiger partial charge >= 0.3 is 0 Å². The van der Waals surface area contributed by atoms with E-state index in [2.05, 4.69) is 10.4 Å². The molecule has 0 aliphatic heterocycles. The first kappa shape index (κ1) is 15.3. The standard InChI is InChI=1S/C19H18N4O2/c1-12-8-18-21-19(16-6-4-5-7-17(16)23(18)22-12)20-13-9-14(24-2)11-15(10-13)25-3/h4-11H,1-3H3,(H,20,21). The lowest BCUT2D eigenvalue weighted by Gasteiger charge is -2.12. The summed E-state index contributed by atoms with van der Waals surface area (Å²) in [6, 6.07) is 15.7. The molecule has 0 unspecified atom stereocenters. The molecule has 0 amide bonds. The number of aromatic nitrogens is 3. The Balaban J connectivity index is 1.88. The van der Waals surface area contributed by atoms with Crippen molar-refractivity contribution < 1.29 is 9.47 Å². The number of ether oxygens (including phenoxy) is 2. The Morgan fingerprint density at radius 1 is 0.960 bits per heavy atom. The van der Waals surface area contributed by atoms with Crippen molar-refractivity contribution in [2.24, 2.45) is 0 Å². The third kappa shape index (κ3) is 2.71. The summed E-state index contributed by atoms with van der Waals surface area (Å²) in [6.07, 6.45) is 0. The van der Waals surface area contributed by atoms with E-state index in [9.17, 15) is 0 Å². The van der Waals surface area contributed by atoms with Gasteiger partial charge in [0.2, 0.25) is 0 Å². The van der Waals surface area contributed by atoms with Crippen molar-refractivity contribution in [1.82, 2.24) is 14.6 Å². The molecule has 4 aromatic rings. The summed E-state index contributed by atoms with van der Waals surface area (Å²) in [7, 11) is 3.26. The molecule has 0 saturated carbocycles. The van der Waals surface area contributed by atoms with Crippen LogP contribution in [-0.4, -0.2) is 28.8 Å². The second kappa shape index (κ2) is 5.98. The Kier molecular flexibility index (Phi) is 3.65. The van der Waals surface area contributed by atoms with Gasteiger partial charge in [0, 0.05) is 35.3 Å². The maximum absolute atomic E-state index is 5.34. The lowest BCUT2D eigenvalue weighted by Crippen LogP contribution is -2.00. The second-order valence-corrected chi connectivity index (χ2v) is 5.76. The molecule has 0 saturated heterocycles. The molecule has 0 bridgehead atoms. The van der Waals surface area contributed by atoms with E-state index in [0.717, 1.165) is 33.7 Å². The quantitative estimate of drug-likeness (QED) is 0.612. The van der Waals surface area contributed by atoms with Crippen LogP contribution in [0.15, 0.2) is 48.5 Å². The highest BCUT2D eigenvalue weighted by Crippen LogP contribution is 2.30. The molecule has 0 radical (unpaired) electrons. The Morgan fingerprint density at radius 3 is 2.40 bits per heavy atom. The van der Waals surface area contributed by atoms with Gasteiger partial charge in [-0.3, -0.25) is 0 Å². The molecular weight excluding hydrogens is 316 g/mol. The van der Waals surface area contributed by atoms with Crippen molar-refractivity contribution >= 4 is 28.1 Å². The molecule has 2 aromatic heterocycles.